The van der Waals surface area contributed by atoms with Crippen molar-refractivity contribution in [3.63, 3.8) is 0 Å². The van der Waals surface area contributed by atoms with Gasteiger partial charge in [0.2, 0.25) is 5.91 Å². The Kier molecular flexibility index (Phi) is 5.33. The molecule has 1 amide bonds. The third-order valence-electron chi connectivity index (χ3n) is 8.91. The van der Waals surface area contributed by atoms with Gasteiger partial charge in [0.25, 0.3) is 0 Å². The normalized spacial score (nSPS) is 35.0. The van der Waals surface area contributed by atoms with E-state index in [0.717, 1.165) is 85.7 Å². The average Bonchev–Trinajstić information content (AvgIpc) is 3.11. The summed E-state index contributed by atoms with van der Waals surface area (Å²) < 4.78 is 0. The highest BCUT2D eigenvalue weighted by atomic mass is 32.1. The quantitative estimate of drug-likeness (QED) is 0.775. The highest BCUT2D eigenvalue weighted by molar-refractivity contribution is 7.16. The number of anilines is 1. The van der Waals surface area contributed by atoms with E-state index in [9.17, 15) is 10.1 Å². The molecule has 0 spiro atoms. The van der Waals surface area contributed by atoms with Crippen molar-refractivity contribution in [2.75, 3.05) is 38.0 Å². The van der Waals surface area contributed by atoms with Crippen molar-refractivity contribution in [1.82, 2.24) is 9.80 Å². The monoisotopic (exact) mass is 438 g/mol. The van der Waals surface area contributed by atoms with E-state index in [0.29, 0.717) is 6.54 Å². The van der Waals surface area contributed by atoms with Gasteiger partial charge in [0.05, 0.1) is 12.1 Å². The van der Waals surface area contributed by atoms with Gasteiger partial charge in [-0.25, -0.2) is 0 Å². The van der Waals surface area contributed by atoms with Gasteiger partial charge in [0, 0.05) is 37.1 Å². The number of nitrogens with one attached hydrogen (secondary N) is 1. The fraction of sp³-hybridized carbons (Fsp3) is 0.760. The smallest absolute Gasteiger partial charge is 0.239 e. The number of amides is 1. The SMILES string of the molecule is N#Cc1c(NC(=O)CN2CCN(C3C4CC5CC(C4)CC3C5)CC2)sc2c1CCCC2. The summed E-state index contributed by atoms with van der Waals surface area (Å²) in [6.45, 7) is 4.64. The number of aryl methyl sites for hydroxylation is 1. The molecule has 0 unspecified atom stereocenters. The van der Waals surface area contributed by atoms with Crippen molar-refractivity contribution in [3.05, 3.63) is 16.0 Å². The number of carbonyl (C=O) groups excluding carboxylic acids is 1. The Labute approximate surface area is 189 Å². The third kappa shape index (κ3) is 3.73. The summed E-state index contributed by atoms with van der Waals surface area (Å²) in [7, 11) is 0. The third-order valence-corrected chi connectivity index (χ3v) is 10.1. The molecule has 5 fully saturated rings. The minimum absolute atomic E-state index is 0.0400. The molecule has 0 radical (unpaired) electrons. The van der Waals surface area contributed by atoms with Crippen LogP contribution in [0.5, 0.6) is 0 Å². The highest BCUT2D eigenvalue weighted by Crippen LogP contribution is 2.55. The summed E-state index contributed by atoms with van der Waals surface area (Å²) in [5.41, 5.74) is 1.91. The molecule has 1 aromatic rings. The number of thiophene rings is 1. The van der Waals surface area contributed by atoms with Gasteiger partial charge in [0.1, 0.15) is 11.1 Å². The Morgan fingerprint density at radius 2 is 1.68 bits per heavy atom. The van der Waals surface area contributed by atoms with E-state index in [4.69, 9.17) is 0 Å². The van der Waals surface area contributed by atoms with Crippen LogP contribution in [-0.2, 0) is 17.6 Å². The first-order chi connectivity index (χ1) is 15.2. The second-order valence-corrected chi connectivity index (χ2v) is 11.9. The molecule has 31 heavy (non-hydrogen) atoms. The highest BCUT2D eigenvalue weighted by Gasteiger charge is 2.50. The molecule has 0 aromatic carbocycles. The number of nitrogens with zero attached hydrogens (tertiary/aromatic N) is 3. The number of carbonyl (C=O) groups is 1. The largest absolute Gasteiger partial charge is 0.315 e. The van der Waals surface area contributed by atoms with Gasteiger partial charge in [-0.2, -0.15) is 5.26 Å². The van der Waals surface area contributed by atoms with Crippen molar-refractivity contribution < 1.29 is 4.79 Å². The lowest BCUT2D eigenvalue weighted by Crippen LogP contribution is -2.60. The Balaban J connectivity index is 1.04. The molecule has 2 heterocycles. The van der Waals surface area contributed by atoms with Crippen molar-refractivity contribution >= 4 is 22.2 Å². The predicted molar refractivity (Wildman–Crippen MR) is 123 cm³/mol. The molecule has 4 saturated carbocycles. The second-order valence-electron chi connectivity index (χ2n) is 10.8. The number of nitriles is 1. The summed E-state index contributed by atoms with van der Waals surface area (Å²) in [6.07, 6.45) is 11.8. The van der Waals surface area contributed by atoms with Gasteiger partial charge in [-0.15, -0.1) is 11.3 Å². The molecule has 1 aliphatic heterocycles. The lowest BCUT2D eigenvalue weighted by molar-refractivity contribution is -0.118. The van der Waals surface area contributed by atoms with Crippen LogP contribution in [0.1, 0.15) is 60.9 Å². The fourth-order valence-electron chi connectivity index (χ4n) is 7.85. The lowest BCUT2D eigenvalue weighted by Gasteiger charge is -2.58. The average molecular weight is 439 g/mol. The molecule has 6 aliphatic rings. The Hall–Kier alpha value is -1.42. The van der Waals surface area contributed by atoms with E-state index in [-0.39, 0.29) is 5.91 Å². The predicted octanol–water partition coefficient (Wildman–Crippen LogP) is 3.88. The molecule has 6 heteroatoms. The maximum atomic E-state index is 12.8. The number of piperazine rings is 1. The van der Waals surface area contributed by atoms with Crippen molar-refractivity contribution in [1.29, 1.82) is 5.26 Å². The van der Waals surface area contributed by atoms with Crippen LogP contribution in [-0.4, -0.2) is 54.5 Å². The molecular formula is C25H34N4OS. The maximum absolute atomic E-state index is 12.8. The standard InChI is InChI=1S/C25H34N4OS/c26-14-21-20-3-1-2-4-22(20)31-25(21)27-23(30)15-28-5-7-29(8-6-28)24-18-10-16-9-17(12-18)13-19(24)11-16/h16-19,24H,1-13,15H2,(H,27,30). The zero-order valence-corrected chi connectivity index (χ0v) is 19.3. The molecule has 166 valence electrons. The first-order valence-corrected chi connectivity index (χ1v) is 13.3. The first kappa shape index (κ1) is 20.2. The molecule has 1 aromatic heterocycles. The van der Waals surface area contributed by atoms with E-state index >= 15 is 0 Å². The van der Waals surface area contributed by atoms with Gasteiger partial charge in [-0.3, -0.25) is 14.6 Å². The molecule has 5 aliphatic carbocycles. The molecule has 5 nitrogen and oxygen atoms in total. The molecule has 1 N–H and O–H groups in total. The Morgan fingerprint density at radius 3 is 2.35 bits per heavy atom. The molecule has 4 bridgehead atoms. The van der Waals surface area contributed by atoms with Crippen LogP contribution in [0.4, 0.5) is 5.00 Å². The zero-order valence-electron chi connectivity index (χ0n) is 18.4. The van der Waals surface area contributed by atoms with E-state index < -0.39 is 0 Å². The van der Waals surface area contributed by atoms with E-state index in [1.54, 1.807) is 11.3 Å². The topological polar surface area (TPSA) is 59.4 Å². The summed E-state index contributed by atoms with van der Waals surface area (Å²) in [5.74, 6) is 3.99. The van der Waals surface area contributed by atoms with E-state index in [2.05, 4.69) is 21.2 Å². The summed E-state index contributed by atoms with van der Waals surface area (Å²) >= 11 is 1.63. The fourth-order valence-corrected chi connectivity index (χ4v) is 9.11. The number of hydrogen-bond acceptors (Lipinski definition) is 5. The zero-order chi connectivity index (χ0) is 20.9. The van der Waals surface area contributed by atoms with Gasteiger partial charge in [-0.05, 0) is 87.0 Å². The van der Waals surface area contributed by atoms with Gasteiger partial charge < -0.3 is 5.32 Å². The summed E-state index contributed by atoms with van der Waals surface area (Å²) in [5, 5.41) is 13.5. The Morgan fingerprint density at radius 1 is 1.00 bits per heavy atom. The first-order valence-electron chi connectivity index (χ1n) is 12.5. The van der Waals surface area contributed by atoms with Crippen LogP contribution in [0.15, 0.2) is 0 Å². The molecule has 1 saturated heterocycles. The van der Waals surface area contributed by atoms with Crippen molar-refractivity contribution in [2.45, 2.75) is 63.8 Å². The minimum atomic E-state index is 0.0400. The van der Waals surface area contributed by atoms with E-state index in [1.165, 1.54) is 49.0 Å². The van der Waals surface area contributed by atoms with Crippen LogP contribution in [0.3, 0.4) is 0 Å². The van der Waals surface area contributed by atoms with Crippen LogP contribution in [0.2, 0.25) is 0 Å². The van der Waals surface area contributed by atoms with Crippen LogP contribution >= 0.6 is 11.3 Å². The Bertz CT molecular complexity index is 866. The molecular weight excluding hydrogens is 404 g/mol. The molecule has 7 rings (SSSR count). The van der Waals surface area contributed by atoms with E-state index in [1.807, 2.05) is 0 Å². The summed E-state index contributed by atoms with van der Waals surface area (Å²) in [4.78, 5) is 19.2. The minimum Gasteiger partial charge on any atom is -0.315 e. The van der Waals surface area contributed by atoms with Crippen molar-refractivity contribution in [3.8, 4) is 6.07 Å². The van der Waals surface area contributed by atoms with Gasteiger partial charge >= 0.3 is 0 Å². The van der Waals surface area contributed by atoms with Crippen LogP contribution in [0, 0.1) is 35.0 Å². The number of fused-ring (bicyclic) bond motifs is 1. The molecule has 0 atom stereocenters. The number of rotatable bonds is 4. The van der Waals surface area contributed by atoms with Crippen LogP contribution < -0.4 is 5.32 Å². The summed E-state index contributed by atoms with van der Waals surface area (Å²) in [6, 6.07) is 3.17. The second kappa shape index (κ2) is 8.17. The van der Waals surface area contributed by atoms with Gasteiger partial charge in [0.15, 0.2) is 0 Å². The van der Waals surface area contributed by atoms with Crippen molar-refractivity contribution in [2.24, 2.45) is 23.7 Å². The maximum Gasteiger partial charge on any atom is 0.239 e. The lowest BCUT2D eigenvalue weighted by atomic mass is 9.54. The van der Waals surface area contributed by atoms with Crippen LogP contribution in [0.25, 0.3) is 0 Å². The number of hydrogen-bond donors (Lipinski definition) is 1. The van der Waals surface area contributed by atoms with Gasteiger partial charge in [-0.1, -0.05) is 0 Å².